The van der Waals surface area contributed by atoms with Gasteiger partial charge in [-0.3, -0.25) is 0 Å². The SMILES string of the molecule is CNC(C)c1ccc(Oc2cc(F)ccc2C)c(Cl)c1. The van der Waals surface area contributed by atoms with Crippen molar-refractivity contribution >= 4 is 11.6 Å². The van der Waals surface area contributed by atoms with Gasteiger partial charge in [-0.2, -0.15) is 0 Å². The maximum atomic E-state index is 13.2. The van der Waals surface area contributed by atoms with E-state index < -0.39 is 0 Å². The van der Waals surface area contributed by atoms with Gasteiger partial charge in [-0.25, -0.2) is 4.39 Å². The molecule has 0 saturated carbocycles. The summed E-state index contributed by atoms with van der Waals surface area (Å²) in [6, 6.07) is 10.2. The van der Waals surface area contributed by atoms with Gasteiger partial charge >= 0.3 is 0 Å². The third-order valence-electron chi connectivity index (χ3n) is 3.26. The Morgan fingerprint density at radius 2 is 1.90 bits per heavy atom. The fourth-order valence-electron chi connectivity index (χ4n) is 1.84. The molecule has 2 nitrogen and oxygen atoms in total. The monoisotopic (exact) mass is 293 g/mol. The number of ether oxygens (including phenoxy) is 1. The average Bonchev–Trinajstić information content (AvgIpc) is 2.44. The predicted octanol–water partition coefficient (Wildman–Crippen LogP) is 4.86. The highest BCUT2D eigenvalue weighted by atomic mass is 35.5. The fourth-order valence-corrected chi connectivity index (χ4v) is 2.07. The summed E-state index contributed by atoms with van der Waals surface area (Å²) in [5, 5.41) is 3.65. The van der Waals surface area contributed by atoms with Crippen LogP contribution < -0.4 is 10.1 Å². The number of rotatable bonds is 4. The first-order chi connectivity index (χ1) is 9.51. The second kappa shape index (κ2) is 6.25. The van der Waals surface area contributed by atoms with Crippen LogP contribution in [0.3, 0.4) is 0 Å². The molecule has 2 aromatic rings. The minimum Gasteiger partial charge on any atom is -0.455 e. The summed E-state index contributed by atoms with van der Waals surface area (Å²) in [5.41, 5.74) is 1.93. The normalized spacial score (nSPS) is 12.2. The Morgan fingerprint density at radius 1 is 1.15 bits per heavy atom. The smallest absolute Gasteiger partial charge is 0.146 e. The summed E-state index contributed by atoms with van der Waals surface area (Å²) in [4.78, 5) is 0. The first kappa shape index (κ1) is 14.8. The Morgan fingerprint density at radius 3 is 2.55 bits per heavy atom. The van der Waals surface area contributed by atoms with Gasteiger partial charge in [-0.1, -0.05) is 23.7 Å². The summed E-state index contributed by atoms with van der Waals surface area (Å²) < 4.78 is 18.9. The van der Waals surface area contributed by atoms with Crippen LogP contribution in [-0.2, 0) is 0 Å². The standard InChI is InChI=1S/C16H17ClFNO/c1-10-4-6-13(18)9-16(10)20-15-7-5-12(8-14(15)17)11(2)19-3/h4-9,11,19H,1-3H3. The lowest BCUT2D eigenvalue weighted by atomic mass is 10.1. The summed E-state index contributed by atoms with van der Waals surface area (Å²) in [6.07, 6.45) is 0. The van der Waals surface area contributed by atoms with Gasteiger partial charge in [0, 0.05) is 12.1 Å². The fraction of sp³-hybridized carbons (Fsp3) is 0.250. The molecular weight excluding hydrogens is 277 g/mol. The third-order valence-corrected chi connectivity index (χ3v) is 3.55. The van der Waals surface area contributed by atoms with Crippen molar-refractivity contribution in [3.05, 3.63) is 58.4 Å². The van der Waals surface area contributed by atoms with E-state index in [-0.39, 0.29) is 11.9 Å². The first-order valence-electron chi connectivity index (χ1n) is 6.42. The number of benzene rings is 2. The van der Waals surface area contributed by atoms with E-state index >= 15 is 0 Å². The van der Waals surface area contributed by atoms with E-state index in [0.29, 0.717) is 16.5 Å². The van der Waals surface area contributed by atoms with Crippen molar-refractivity contribution in [2.24, 2.45) is 0 Å². The number of aryl methyl sites for hydroxylation is 1. The molecule has 20 heavy (non-hydrogen) atoms. The van der Waals surface area contributed by atoms with E-state index in [1.165, 1.54) is 12.1 Å². The van der Waals surface area contributed by atoms with Gasteiger partial charge in [0.1, 0.15) is 17.3 Å². The molecule has 0 aliphatic heterocycles. The van der Waals surface area contributed by atoms with Crippen LogP contribution in [0.15, 0.2) is 36.4 Å². The highest BCUT2D eigenvalue weighted by molar-refractivity contribution is 6.32. The van der Waals surface area contributed by atoms with Gasteiger partial charge in [0.15, 0.2) is 0 Å². The van der Waals surface area contributed by atoms with Crippen molar-refractivity contribution in [1.82, 2.24) is 5.32 Å². The minimum absolute atomic E-state index is 0.206. The minimum atomic E-state index is -0.331. The molecule has 0 aliphatic rings. The third kappa shape index (κ3) is 3.30. The van der Waals surface area contributed by atoms with Crippen molar-refractivity contribution in [2.75, 3.05) is 7.05 Å². The zero-order valence-corrected chi connectivity index (χ0v) is 12.5. The topological polar surface area (TPSA) is 21.3 Å². The van der Waals surface area contributed by atoms with Crippen LogP contribution in [0.2, 0.25) is 5.02 Å². The van der Waals surface area contributed by atoms with E-state index in [9.17, 15) is 4.39 Å². The second-order valence-electron chi connectivity index (χ2n) is 4.71. The molecule has 2 aromatic carbocycles. The number of hydrogen-bond acceptors (Lipinski definition) is 2. The van der Waals surface area contributed by atoms with Crippen molar-refractivity contribution < 1.29 is 9.13 Å². The molecule has 0 aliphatic carbocycles. The van der Waals surface area contributed by atoms with Crippen molar-refractivity contribution in [3.8, 4) is 11.5 Å². The Bertz CT molecular complexity index is 615. The summed E-state index contributed by atoms with van der Waals surface area (Å²) in [5.74, 6) is 0.663. The van der Waals surface area contributed by atoms with E-state index in [4.69, 9.17) is 16.3 Å². The molecule has 2 rings (SSSR count). The predicted molar refractivity (Wildman–Crippen MR) is 80.1 cm³/mol. The molecule has 0 aromatic heterocycles. The number of nitrogens with one attached hydrogen (secondary N) is 1. The second-order valence-corrected chi connectivity index (χ2v) is 5.12. The van der Waals surface area contributed by atoms with Gasteiger partial charge in [-0.15, -0.1) is 0 Å². The van der Waals surface area contributed by atoms with E-state index in [2.05, 4.69) is 5.32 Å². The Labute approximate surface area is 123 Å². The average molecular weight is 294 g/mol. The molecular formula is C16H17ClFNO. The molecule has 1 N–H and O–H groups in total. The van der Waals surface area contributed by atoms with Crippen molar-refractivity contribution in [1.29, 1.82) is 0 Å². The first-order valence-corrected chi connectivity index (χ1v) is 6.79. The van der Waals surface area contributed by atoms with E-state index in [1.54, 1.807) is 12.1 Å². The zero-order valence-electron chi connectivity index (χ0n) is 11.7. The molecule has 1 atom stereocenters. The Kier molecular flexibility index (Phi) is 4.63. The lowest BCUT2D eigenvalue weighted by Crippen LogP contribution is -2.12. The van der Waals surface area contributed by atoms with Crippen LogP contribution in [-0.4, -0.2) is 7.05 Å². The van der Waals surface area contributed by atoms with Crippen LogP contribution in [0.25, 0.3) is 0 Å². The van der Waals surface area contributed by atoms with Crippen molar-refractivity contribution in [3.63, 3.8) is 0 Å². The van der Waals surface area contributed by atoms with Gasteiger partial charge in [0.25, 0.3) is 0 Å². The molecule has 4 heteroatoms. The summed E-state index contributed by atoms with van der Waals surface area (Å²) in [7, 11) is 1.89. The van der Waals surface area contributed by atoms with Crippen LogP contribution in [0.5, 0.6) is 11.5 Å². The Balaban J connectivity index is 2.28. The van der Waals surface area contributed by atoms with Crippen LogP contribution in [0.4, 0.5) is 4.39 Å². The largest absolute Gasteiger partial charge is 0.455 e. The molecule has 0 fully saturated rings. The van der Waals surface area contributed by atoms with E-state index in [0.717, 1.165) is 11.1 Å². The molecule has 0 radical (unpaired) electrons. The van der Waals surface area contributed by atoms with Gasteiger partial charge in [0.2, 0.25) is 0 Å². The number of halogens is 2. The van der Waals surface area contributed by atoms with Crippen LogP contribution in [0.1, 0.15) is 24.1 Å². The van der Waals surface area contributed by atoms with Gasteiger partial charge in [0.05, 0.1) is 5.02 Å². The van der Waals surface area contributed by atoms with Crippen molar-refractivity contribution in [2.45, 2.75) is 19.9 Å². The molecule has 0 heterocycles. The van der Waals surface area contributed by atoms with E-state index in [1.807, 2.05) is 33.0 Å². The van der Waals surface area contributed by atoms with Gasteiger partial charge in [-0.05, 0) is 50.2 Å². The van der Waals surface area contributed by atoms with Crippen LogP contribution in [0, 0.1) is 12.7 Å². The maximum Gasteiger partial charge on any atom is 0.146 e. The number of hydrogen-bond donors (Lipinski definition) is 1. The molecule has 0 amide bonds. The highest BCUT2D eigenvalue weighted by Gasteiger charge is 2.10. The lowest BCUT2D eigenvalue weighted by molar-refractivity contribution is 0.472. The summed E-state index contributed by atoms with van der Waals surface area (Å²) in [6.45, 7) is 3.91. The van der Waals surface area contributed by atoms with Gasteiger partial charge < -0.3 is 10.1 Å². The molecule has 0 bridgehead atoms. The molecule has 0 spiro atoms. The molecule has 0 saturated heterocycles. The zero-order chi connectivity index (χ0) is 14.7. The quantitative estimate of drug-likeness (QED) is 0.869. The maximum absolute atomic E-state index is 13.2. The summed E-state index contributed by atoms with van der Waals surface area (Å²) >= 11 is 6.23. The lowest BCUT2D eigenvalue weighted by Gasteiger charge is -2.14. The molecule has 106 valence electrons. The highest BCUT2D eigenvalue weighted by Crippen LogP contribution is 2.33. The molecule has 1 unspecified atom stereocenters. The van der Waals surface area contributed by atoms with Crippen LogP contribution >= 0.6 is 11.6 Å². The Hall–Kier alpha value is -1.58.